The van der Waals surface area contributed by atoms with Gasteiger partial charge in [0.2, 0.25) is 0 Å². The van der Waals surface area contributed by atoms with E-state index in [4.69, 9.17) is 4.42 Å². The van der Waals surface area contributed by atoms with Gasteiger partial charge in [0.15, 0.2) is 0 Å². The van der Waals surface area contributed by atoms with Crippen molar-refractivity contribution in [2.24, 2.45) is 0 Å². The molecule has 7 rings (SSSR count). The van der Waals surface area contributed by atoms with Crippen LogP contribution >= 0.6 is 0 Å². The van der Waals surface area contributed by atoms with Crippen molar-refractivity contribution in [2.45, 2.75) is 0 Å². The molecule has 0 saturated carbocycles. The molecule has 34 heavy (non-hydrogen) atoms. The molecule has 158 valence electrons. The lowest BCUT2D eigenvalue weighted by Crippen LogP contribution is -1.93. The van der Waals surface area contributed by atoms with E-state index >= 15 is 0 Å². The van der Waals surface area contributed by atoms with Gasteiger partial charge in [-0.1, -0.05) is 60.7 Å². The first kappa shape index (κ1) is 18.7. The van der Waals surface area contributed by atoms with Crippen LogP contribution in [0, 0.1) is 11.3 Å². The molecule has 3 nitrogen and oxygen atoms in total. The van der Waals surface area contributed by atoms with Crippen LogP contribution in [0.4, 0.5) is 0 Å². The molecule has 0 aliphatic carbocycles. The molecule has 0 spiro atoms. The molecule has 2 heterocycles. The Morgan fingerprint density at radius 1 is 0.588 bits per heavy atom. The molecule has 0 aliphatic heterocycles. The summed E-state index contributed by atoms with van der Waals surface area (Å²) in [6.45, 7) is 0. The molecular formula is C31H18N2O. The number of fused-ring (bicyclic) bond motifs is 6. The summed E-state index contributed by atoms with van der Waals surface area (Å²) < 4.78 is 8.49. The van der Waals surface area contributed by atoms with Crippen molar-refractivity contribution in [1.82, 2.24) is 4.57 Å². The van der Waals surface area contributed by atoms with Gasteiger partial charge in [-0.15, -0.1) is 0 Å². The molecule has 0 fully saturated rings. The number of hydrogen-bond acceptors (Lipinski definition) is 2. The topological polar surface area (TPSA) is 41.9 Å². The third-order valence-corrected chi connectivity index (χ3v) is 6.65. The maximum Gasteiger partial charge on any atom is 0.135 e. The predicted octanol–water partition coefficient (Wildman–Crippen LogP) is 8.22. The van der Waals surface area contributed by atoms with Gasteiger partial charge < -0.3 is 8.98 Å². The highest BCUT2D eigenvalue weighted by Crippen LogP contribution is 2.37. The smallest absolute Gasteiger partial charge is 0.135 e. The Morgan fingerprint density at radius 3 is 1.94 bits per heavy atom. The third-order valence-electron chi connectivity index (χ3n) is 6.65. The van der Waals surface area contributed by atoms with Crippen LogP contribution in [-0.2, 0) is 0 Å². The van der Waals surface area contributed by atoms with E-state index in [1.54, 1.807) is 0 Å². The van der Waals surface area contributed by atoms with Crippen molar-refractivity contribution in [2.75, 3.05) is 0 Å². The van der Waals surface area contributed by atoms with Crippen LogP contribution in [0.1, 0.15) is 5.56 Å². The highest BCUT2D eigenvalue weighted by molar-refractivity contribution is 6.11. The summed E-state index contributed by atoms with van der Waals surface area (Å²) in [5, 5.41) is 14.2. The van der Waals surface area contributed by atoms with Crippen LogP contribution in [0.3, 0.4) is 0 Å². The molecule has 7 aromatic rings. The van der Waals surface area contributed by atoms with E-state index in [2.05, 4.69) is 83.4 Å². The Kier molecular flexibility index (Phi) is 3.91. The van der Waals surface area contributed by atoms with E-state index in [0.29, 0.717) is 5.56 Å². The van der Waals surface area contributed by atoms with Crippen LogP contribution in [0.25, 0.3) is 60.6 Å². The van der Waals surface area contributed by atoms with Crippen molar-refractivity contribution in [1.29, 1.82) is 5.26 Å². The maximum atomic E-state index is 9.57. The number of furan rings is 1. The van der Waals surface area contributed by atoms with Crippen LogP contribution in [0.5, 0.6) is 0 Å². The molecule has 0 N–H and O–H groups in total. The molecule has 0 saturated heterocycles. The van der Waals surface area contributed by atoms with Gasteiger partial charge in [0.1, 0.15) is 11.2 Å². The molecule has 0 aliphatic rings. The zero-order chi connectivity index (χ0) is 22.6. The number of nitrogens with zero attached hydrogens (tertiary/aromatic N) is 2. The highest BCUT2D eigenvalue weighted by atomic mass is 16.3. The molecule has 3 heteroatoms. The first-order valence-electron chi connectivity index (χ1n) is 11.3. The van der Waals surface area contributed by atoms with E-state index < -0.39 is 0 Å². The Labute approximate surface area is 195 Å². The zero-order valence-electron chi connectivity index (χ0n) is 18.2. The van der Waals surface area contributed by atoms with E-state index in [-0.39, 0.29) is 0 Å². The van der Waals surface area contributed by atoms with Crippen molar-refractivity contribution in [3.63, 3.8) is 0 Å². The third kappa shape index (κ3) is 2.63. The average Bonchev–Trinajstić information content (AvgIpc) is 3.43. The quantitative estimate of drug-likeness (QED) is 0.275. The van der Waals surface area contributed by atoms with Gasteiger partial charge >= 0.3 is 0 Å². The van der Waals surface area contributed by atoms with E-state index in [1.807, 2.05) is 36.4 Å². The largest absolute Gasteiger partial charge is 0.456 e. The predicted molar refractivity (Wildman–Crippen MR) is 138 cm³/mol. The van der Waals surface area contributed by atoms with Gasteiger partial charge in [-0.05, 0) is 59.7 Å². The lowest BCUT2D eigenvalue weighted by atomic mass is 9.98. The molecule has 5 aromatic carbocycles. The zero-order valence-corrected chi connectivity index (χ0v) is 18.2. The highest BCUT2D eigenvalue weighted by Gasteiger charge is 2.15. The number of aromatic nitrogens is 1. The van der Waals surface area contributed by atoms with Crippen LogP contribution < -0.4 is 0 Å². The SMILES string of the molecule is N#Cc1ccccc1-c1ccc2oc3ccc(-n4c5ccccc5c5ccccc54)cc3c2c1. The van der Waals surface area contributed by atoms with Crippen molar-refractivity contribution in [3.05, 3.63) is 115 Å². The normalized spacial score (nSPS) is 11.5. The fraction of sp³-hybridized carbons (Fsp3) is 0. The molecule has 0 bridgehead atoms. The second-order valence-electron chi connectivity index (χ2n) is 8.52. The van der Waals surface area contributed by atoms with Crippen molar-refractivity contribution in [3.8, 4) is 22.9 Å². The van der Waals surface area contributed by atoms with Gasteiger partial charge in [0, 0.05) is 27.2 Å². The second-order valence-corrected chi connectivity index (χ2v) is 8.52. The number of para-hydroxylation sites is 2. The second kappa shape index (κ2) is 7.10. The first-order chi connectivity index (χ1) is 16.8. The lowest BCUT2D eigenvalue weighted by molar-refractivity contribution is 0.669. The standard InChI is InChI=1S/C31H18N2O/c32-19-21-7-1-2-8-23(21)20-13-15-30-26(17-20)27-18-22(14-16-31(27)34-30)33-28-11-5-3-9-24(28)25-10-4-6-12-29(25)33/h1-18H. The molecule has 0 radical (unpaired) electrons. The summed E-state index contributed by atoms with van der Waals surface area (Å²) in [5.74, 6) is 0. The summed E-state index contributed by atoms with van der Waals surface area (Å²) in [4.78, 5) is 0. The van der Waals surface area contributed by atoms with Gasteiger partial charge in [-0.3, -0.25) is 0 Å². The van der Waals surface area contributed by atoms with Gasteiger partial charge in [0.05, 0.1) is 22.7 Å². The number of rotatable bonds is 2. The summed E-state index contributed by atoms with van der Waals surface area (Å²) in [6, 6.07) is 39.6. The number of nitriles is 1. The van der Waals surface area contributed by atoms with Crippen molar-refractivity contribution < 1.29 is 4.42 Å². The van der Waals surface area contributed by atoms with Crippen LogP contribution in [-0.4, -0.2) is 4.57 Å². The minimum atomic E-state index is 0.667. The number of benzene rings is 5. The Balaban J connectivity index is 1.50. The number of hydrogen-bond donors (Lipinski definition) is 0. The van der Waals surface area contributed by atoms with Gasteiger partial charge in [0.25, 0.3) is 0 Å². The first-order valence-corrected chi connectivity index (χ1v) is 11.3. The van der Waals surface area contributed by atoms with E-state index in [1.165, 1.54) is 21.8 Å². The van der Waals surface area contributed by atoms with E-state index in [0.717, 1.165) is 38.8 Å². The summed E-state index contributed by atoms with van der Waals surface area (Å²) >= 11 is 0. The Bertz CT molecular complexity index is 1880. The molecule has 0 amide bonds. The van der Waals surface area contributed by atoms with Crippen LogP contribution in [0.2, 0.25) is 0 Å². The average molecular weight is 434 g/mol. The minimum Gasteiger partial charge on any atom is -0.456 e. The fourth-order valence-corrected chi connectivity index (χ4v) is 5.11. The van der Waals surface area contributed by atoms with Gasteiger partial charge in [-0.25, -0.2) is 0 Å². The van der Waals surface area contributed by atoms with E-state index in [9.17, 15) is 5.26 Å². The molecular weight excluding hydrogens is 416 g/mol. The summed E-state index contributed by atoms with van der Waals surface area (Å²) in [7, 11) is 0. The Hall–Kier alpha value is -4.81. The lowest BCUT2D eigenvalue weighted by Gasteiger charge is -2.08. The fourth-order valence-electron chi connectivity index (χ4n) is 5.11. The summed E-state index contributed by atoms with van der Waals surface area (Å²) in [5.41, 5.74) is 7.75. The summed E-state index contributed by atoms with van der Waals surface area (Å²) in [6.07, 6.45) is 0. The minimum absolute atomic E-state index is 0.667. The maximum absolute atomic E-state index is 9.57. The van der Waals surface area contributed by atoms with Crippen molar-refractivity contribution >= 4 is 43.7 Å². The molecule has 0 unspecified atom stereocenters. The monoisotopic (exact) mass is 434 g/mol. The molecule has 2 aromatic heterocycles. The molecule has 0 atom stereocenters. The van der Waals surface area contributed by atoms with Crippen LogP contribution in [0.15, 0.2) is 114 Å². The van der Waals surface area contributed by atoms with Gasteiger partial charge in [-0.2, -0.15) is 5.26 Å². The Morgan fingerprint density at radius 2 is 1.21 bits per heavy atom.